The maximum Gasteiger partial charge on any atom is 0.325 e. The van der Waals surface area contributed by atoms with Crippen LogP contribution in [0.25, 0.3) is 0 Å². The van der Waals surface area contributed by atoms with Crippen LogP contribution < -0.4 is 5.32 Å². The standard InChI is InChI=1S/C9H18N2O5/c1-2-16-8(14)7-10-9(15)11(3-5-12)4-6-13/h12-13H,2-7H2,1H3,(H,10,15). The first-order chi connectivity index (χ1) is 7.65. The van der Waals surface area contributed by atoms with Crippen molar-refractivity contribution in [2.45, 2.75) is 6.92 Å². The number of hydrogen-bond acceptors (Lipinski definition) is 5. The van der Waals surface area contributed by atoms with Crippen molar-refractivity contribution in [2.75, 3.05) is 39.5 Å². The summed E-state index contributed by atoms with van der Waals surface area (Å²) in [6.07, 6.45) is 0. The fourth-order valence-electron chi connectivity index (χ4n) is 1.03. The van der Waals surface area contributed by atoms with E-state index >= 15 is 0 Å². The first-order valence-corrected chi connectivity index (χ1v) is 5.05. The van der Waals surface area contributed by atoms with Crippen molar-refractivity contribution in [3.05, 3.63) is 0 Å². The van der Waals surface area contributed by atoms with Crippen LogP contribution in [0.2, 0.25) is 0 Å². The zero-order chi connectivity index (χ0) is 12.4. The molecule has 0 aromatic carbocycles. The minimum Gasteiger partial charge on any atom is -0.465 e. The highest BCUT2D eigenvalue weighted by Gasteiger charge is 2.13. The van der Waals surface area contributed by atoms with E-state index in [-0.39, 0.29) is 39.5 Å². The summed E-state index contributed by atoms with van der Waals surface area (Å²) >= 11 is 0. The van der Waals surface area contributed by atoms with Crippen molar-refractivity contribution in [1.29, 1.82) is 0 Å². The fourth-order valence-corrected chi connectivity index (χ4v) is 1.03. The maximum absolute atomic E-state index is 11.4. The lowest BCUT2D eigenvalue weighted by Crippen LogP contribution is -2.44. The molecule has 94 valence electrons. The summed E-state index contributed by atoms with van der Waals surface area (Å²) in [7, 11) is 0. The lowest BCUT2D eigenvalue weighted by molar-refractivity contribution is -0.141. The van der Waals surface area contributed by atoms with E-state index in [9.17, 15) is 9.59 Å². The van der Waals surface area contributed by atoms with E-state index in [2.05, 4.69) is 10.1 Å². The van der Waals surface area contributed by atoms with Crippen LogP contribution >= 0.6 is 0 Å². The number of esters is 1. The summed E-state index contributed by atoms with van der Waals surface area (Å²) < 4.78 is 4.62. The number of carbonyl (C=O) groups excluding carboxylic acids is 2. The number of amides is 2. The second kappa shape index (κ2) is 8.93. The zero-order valence-electron chi connectivity index (χ0n) is 9.31. The van der Waals surface area contributed by atoms with Crippen molar-refractivity contribution in [1.82, 2.24) is 10.2 Å². The summed E-state index contributed by atoms with van der Waals surface area (Å²) in [6, 6.07) is -0.517. The quantitative estimate of drug-likeness (QED) is 0.468. The predicted molar refractivity (Wildman–Crippen MR) is 55.8 cm³/mol. The van der Waals surface area contributed by atoms with E-state index < -0.39 is 12.0 Å². The maximum atomic E-state index is 11.4. The van der Waals surface area contributed by atoms with Gasteiger partial charge in [-0.1, -0.05) is 0 Å². The van der Waals surface area contributed by atoms with Crippen LogP contribution in [-0.2, 0) is 9.53 Å². The number of aliphatic hydroxyl groups is 2. The topological polar surface area (TPSA) is 99.1 Å². The summed E-state index contributed by atoms with van der Waals surface area (Å²) in [6.45, 7) is 1.51. The third kappa shape index (κ3) is 6.20. The third-order valence-electron chi connectivity index (χ3n) is 1.72. The lowest BCUT2D eigenvalue weighted by Gasteiger charge is -2.20. The highest BCUT2D eigenvalue weighted by Crippen LogP contribution is 1.88. The second-order valence-corrected chi connectivity index (χ2v) is 2.90. The molecule has 7 nitrogen and oxygen atoms in total. The Morgan fingerprint density at radius 3 is 2.25 bits per heavy atom. The van der Waals surface area contributed by atoms with Gasteiger partial charge in [-0.15, -0.1) is 0 Å². The molecule has 0 radical (unpaired) electrons. The Balaban J connectivity index is 3.94. The van der Waals surface area contributed by atoms with Crippen LogP contribution in [0.1, 0.15) is 6.92 Å². The summed E-state index contributed by atoms with van der Waals surface area (Å²) in [5.41, 5.74) is 0. The van der Waals surface area contributed by atoms with Crippen LogP contribution in [0.15, 0.2) is 0 Å². The van der Waals surface area contributed by atoms with Crippen LogP contribution in [0, 0.1) is 0 Å². The Morgan fingerprint density at radius 1 is 1.25 bits per heavy atom. The van der Waals surface area contributed by atoms with Gasteiger partial charge in [-0.25, -0.2) is 4.79 Å². The monoisotopic (exact) mass is 234 g/mol. The molecular weight excluding hydrogens is 216 g/mol. The van der Waals surface area contributed by atoms with Crippen molar-refractivity contribution in [3.63, 3.8) is 0 Å². The Kier molecular flexibility index (Phi) is 8.18. The first-order valence-electron chi connectivity index (χ1n) is 5.05. The molecule has 0 spiro atoms. The van der Waals surface area contributed by atoms with E-state index in [1.165, 1.54) is 4.90 Å². The van der Waals surface area contributed by atoms with E-state index in [1.807, 2.05) is 0 Å². The van der Waals surface area contributed by atoms with Gasteiger partial charge in [0.1, 0.15) is 6.54 Å². The molecule has 0 bridgehead atoms. The number of rotatable bonds is 7. The first kappa shape index (κ1) is 14.7. The van der Waals surface area contributed by atoms with E-state index in [0.29, 0.717) is 0 Å². The number of nitrogens with one attached hydrogen (secondary N) is 1. The summed E-state index contributed by atoms with van der Waals surface area (Å²) in [5.74, 6) is -0.524. The van der Waals surface area contributed by atoms with Crippen molar-refractivity contribution in [3.8, 4) is 0 Å². The van der Waals surface area contributed by atoms with Gasteiger partial charge in [0.2, 0.25) is 0 Å². The molecule has 3 N–H and O–H groups in total. The smallest absolute Gasteiger partial charge is 0.325 e. The van der Waals surface area contributed by atoms with E-state index in [0.717, 1.165) is 0 Å². The molecule has 0 aliphatic carbocycles. The number of urea groups is 1. The SMILES string of the molecule is CCOC(=O)CNC(=O)N(CCO)CCO. The number of carbonyl (C=O) groups is 2. The molecule has 0 saturated carbocycles. The van der Waals surface area contributed by atoms with Crippen molar-refractivity contribution >= 4 is 12.0 Å². The van der Waals surface area contributed by atoms with Gasteiger partial charge in [0, 0.05) is 13.1 Å². The minimum absolute atomic E-state index is 0.106. The van der Waals surface area contributed by atoms with Gasteiger partial charge in [0.15, 0.2) is 0 Å². The average Bonchev–Trinajstić information content (AvgIpc) is 2.26. The summed E-state index contributed by atoms with van der Waals surface area (Å²) in [5, 5.41) is 19.7. The Labute approximate surface area is 94.0 Å². The van der Waals surface area contributed by atoms with Gasteiger partial charge in [-0.05, 0) is 6.92 Å². The van der Waals surface area contributed by atoms with Gasteiger partial charge in [0.25, 0.3) is 0 Å². The predicted octanol–water partition coefficient (Wildman–Crippen LogP) is -1.45. The molecule has 0 fully saturated rings. The van der Waals surface area contributed by atoms with Gasteiger partial charge in [-0.2, -0.15) is 0 Å². The Bertz CT molecular complexity index is 216. The highest BCUT2D eigenvalue weighted by atomic mass is 16.5. The Hall–Kier alpha value is -1.34. The van der Waals surface area contributed by atoms with Crippen LogP contribution in [-0.4, -0.2) is 66.6 Å². The van der Waals surface area contributed by atoms with E-state index in [1.54, 1.807) is 6.92 Å². The molecular formula is C9H18N2O5. The molecule has 0 aromatic heterocycles. The lowest BCUT2D eigenvalue weighted by atomic mass is 10.5. The molecule has 0 saturated heterocycles. The van der Waals surface area contributed by atoms with Crippen LogP contribution in [0.4, 0.5) is 4.79 Å². The molecule has 16 heavy (non-hydrogen) atoms. The highest BCUT2D eigenvalue weighted by molar-refractivity contribution is 5.80. The van der Waals surface area contributed by atoms with Crippen molar-refractivity contribution < 1.29 is 24.5 Å². The largest absolute Gasteiger partial charge is 0.465 e. The molecule has 2 amide bonds. The number of ether oxygens (including phenoxy) is 1. The summed E-state index contributed by atoms with van der Waals surface area (Å²) in [4.78, 5) is 23.6. The molecule has 0 atom stereocenters. The number of aliphatic hydroxyl groups excluding tert-OH is 2. The van der Waals surface area contributed by atoms with Crippen LogP contribution in [0.5, 0.6) is 0 Å². The zero-order valence-corrected chi connectivity index (χ0v) is 9.31. The van der Waals surface area contributed by atoms with Crippen molar-refractivity contribution in [2.24, 2.45) is 0 Å². The molecule has 0 aromatic rings. The van der Waals surface area contributed by atoms with Gasteiger partial charge < -0.3 is 25.2 Å². The fraction of sp³-hybridized carbons (Fsp3) is 0.778. The normalized spacial score (nSPS) is 9.69. The Morgan fingerprint density at radius 2 is 1.81 bits per heavy atom. The minimum atomic E-state index is -0.524. The number of hydrogen-bond donors (Lipinski definition) is 3. The average molecular weight is 234 g/mol. The molecule has 0 rings (SSSR count). The van der Waals surface area contributed by atoms with Gasteiger partial charge in [-0.3, -0.25) is 4.79 Å². The molecule has 0 aliphatic rings. The molecule has 7 heteroatoms. The second-order valence-electron chi connectivity index (χ2n) is 2.90. The molecule has 0 aliphatic heterocycles. The number of nitrogens with zero attached hydrogens (tertiary/aromatic N) is 1. The van der Waals surface area contributed by atoms with Crippen LogP contribution in [0.3, 0.4) is 0 Å². The molecule has 0 unspecified atom stereocenters. The van der Waals surface area contributed by atoms with E-state index in [4.69, 9.17) is 10.2 Å². The third-order valence-corrected chi connectivity index (χ3v) is 1.72. The van der Waals surface area contributed by atoms with Gasteiger partial charge >= 0.3 is 12.0 Å². The molecule has 0 heterocycles. The van der Waals surface area contributed by atoms with Gasteiger partial charge in [0.05, 0.1) is 19.8 Å².